The lowest BCUT2D eigenvalue weighted by Gasteiger charge is -2.19. The molecule has 0 bridgehead atoms. The number of benzene rings is 1. The van der Waals surface area contributed by atoms with Gasteiger partial charge in [0.1, 0.15) is 0 Å². The molecule has 98 valence electrons. The van der Waals surface area contributed by atoms with Crippen molar-refractivity contribution >= 4 is 5.91 Å². The molecule has 1 aromatic heterocycles. The molecular weight excluding hydrogens is 240 g/mol. The Morgan fingerprint density at radius 3 is 3.16 bits per heavy atom. The summed E-state index contributed by atoms with van der Waals surface area (Å²) >= 11 is 0. The van der Waals surface area contributed by atoms with Crippen molar-refractivity contribution in [1.29, 1.82) is 0 Å². The Morgan fingerprint density at radius 2 is 2.32 bits per heavy atom. The Balaban J connectivity index is 1.76. The fourth-order valence-corrected chi connectivity index (χ4v) is 2.42. The highest BCUT2D eigenvalue weighted by Crippen LogP contribution is 2.18. The van der Waals surface area contributed by atoms with Crippen molar-refractivity contribution in [2.45, 2.75) is 19.5 Å². The van der Waals surface area contributed by atoms with Gasteiger partial charge in [0.15, 0.2) is 0 Å². The summed E-state index contributed by atoms with van der Waals surface area (Å²) in [7, 11) is 0. The molecule has 2 aromatic rings. The molecule has 3 rings (SSSR count). The van der Waals surface area contributed by atoms with Crippen molar-refractivity contribution in [3.8, 4) is 0 Å². The maximum Gasteiger partial charge on any atom is 0.251 e. The quantitative estimate of drug-likeness (QED) is 0.881. The molecule has 4 heteroatoms. The fraction of sp³-hybridized carbons (Fsp3) is 0.267. The molecule has 1 aliphatic rings. The van der Waals surface area contributed by atoms with Crippen molar-refractivity contribution in [1.82, 2.24) is 10.6 Å². The summed E-state index contributed by atoms with van der Waals surface area (Å²) < 4.78 is 4.98. The molecule has 4 nitrogen and oxygen atoms in total. The standard InChI is InChI=1S/C15H16N2O2/c18-15(17-8-11-5-7-19-10-11)14-3-1-2-12-9-16-6-4-13(12)14/h1-3,5,7,10,16H,4,6,8-9H2,(H,17,18). The van der Waals surface area contributed by atoms with E-state index in [9.17, 15) is 4.79 Å². The first-order valence-electron chi connectivity index (χ1n) is 6.45. The predicted octanol–water partition coefficient (Wildman–Crippen LogP) is 1.86. The van der Waals surface area contributed by atoms with E-state index >= 15 is 0 Å². The first-order valence-corrected chi connectivity index (χ1v) is 6.45. The number of carbonyl (C=O) groups is 1. The van der Waals surface area contributed by atoms with Crippen LogP contribution in [0.4, 0.5) is 0 Å². The van der Waals surface area contributed by atoms with Crippen molar-refractivity contribution in [2.24, 2.45) is 0 Å². The van der Waals surface area contributed by atoms with Crippen molar-refractivity contribution in [3.63, 3.8) is 0 Å². The molecule has 0 saturated carbocycles. The zero-order chi connectivity index (χ0) is 13.1. The van der Waals surface area contributed by atoms with E-state index in [1.54, 1.807) is 12.5 Å². The molecule has 0 saturated heterocycles. The smallest absolute Gasteiger partial charge is 0.251 e. The highest BCUT2D eigenvalue weighted by molar-refractivity contribution is 5.96. The minimum atomic E-state index is -0.0139. The van der Waals surface area contributed by atoms with Crippen molar-refractivity contribution in [3.05, 3.63) is 59.0 Å². The fourth-order valence-electron chi connectivity index (χ4n) is 2.42. The third kappa shape index (κ3) is 2.53. The van der Waals surface area contributed by atoms with Gasteiger partial charge in [0.2, 0.25) is 0 Å². The normalized spacial score (nSPS) is 13.9. The number of carbonyl (C=O) groups excluding carboxylic acids is 1. The van der Waals surface area contributed by atoms with E-state index in [2.05, 4.69) is 16.7 Å². The second kappa shape index (κ2) is 5.28. The van der Waals surface area contributed by atoms with Crippen LogP contribution in [0.25, 0.3) is 0 Å². The summed E-state index contributed by atoms with van der Waals surface area (Å²) in [6.07, 6.45) is 4.16. The molecule has 0 aliphatic carbocycles. The lowest BCUT2D eigenvalue weighted by Crippen LogP contribution is -2.29. The topological polar surface area (TPSA) is 54.3 Å². The number of amides is 1. The minimum absolute atomic E-state index is 0.0139. The highest BCUT2D eigenvalue weighted by atomic mass is 16.3. The third-order valence-corrected chi connectivity index (χ3v) is 3.42. The largest absolute Gasteiger partial charge is 0.472 e. The van der Waals surface area contributed by atoms with Crippen LogP contribution in [0.1, 0.15) is 27.0 Å². The van der Waals surface area contributed by atoms with E-state index in [1.165, 1.54) is 11.1 Å². The molecular formula is C15H16N2O2. The zero-order valence-corrected chi connectivity index (χ0v) is 10.6. The molecule has 0 spiro atoms. The lowest BCUT2D eigenvalue weighted by atomic mass is 9.95. The Labute approximate surface area is 111 Å². The van der Waals surface area contributed by atoms with Gasteiger partial charge in [-0.1, -0.05) is 12.1 Å². The second-order valence-corrected chi connectivity index (χ2v) is 4.68. The van der Waals surface area contributed by atoms with Gasteiger partial charge in [-0.25, -0.2) is 0 Å². The van der Waals surface area contributed by atoms with Gasteiger partial charge < -0.3 is 15.1 Å². The molecule has 0 unspecified atom stereocenters. The van der Waals surface area contributed by atoms with Crippen molar-refractivity contribution in [2.75, 3.05) is 6.54 Å². The first-order chi connectivity index (χ1) is 9.34. The van der Waals surface area contributed by atoms with E-state index in [-0.39, 0.29) is 5.91 Å². The monoisotopic (exact) mass is 256 g/mol. The van der Waals surface area contributed by atoms with E-state index < -0.39 is 0 Å². The van der Waals surface area contributed by atoms with Crippen LogP contribution in [0.3, 0.4) is 0 Å². The second-order valence-electron chi connectivity index (χ2n) is 4.68. The average molecular weight is 256 g/mol. The molecule has 0 atom stereocenters. The number of rotatable bonds is 3. The van der Waals surface area contributed by atoms with E-state index in [1.807, 2.05) is 18.2 Å². The molecule has 2 N–H and O–H groups in total. The summed E-state index contributed by atoms with van der Waals surface area (Å²) in [6, 6.07) is 7.77. The van der Waals surface area contributed by atoms with Crippen LogP contribution in [0, 0.1) is 0 Å². The van der Waals surface area contributed by atoms with Gasteiger partial charge in [0, 0.05) is 24.2 Å². The highest BCUT2D eigenvalue weighted by Gasteiger charge is 2.16. The summed E-state index contributed by atoms with van der Waals surface area (Å²) in [5.74, 6) is -0.0139. The van der Waals surface area contributed by atoms with Gasteiger partial charge in [-0.05, 0) is 36.2 Å². The van der Waals surface area contributed by atoms with E-state index in [0.717, 1.165) is 30.6 Å². The van der Waals surface area contributed by atoms with E-state index in [4.69, 9.17) is 4.42 Å². The van der Waals surface area contributed by atoms with Gasteiger partial charge in [-0.2, -0.15) is 0 Å². The van der Waals surface area contributed by atoms with Gasteiger partial charge in [0.25, 0.3) is 5.91 Å². The van der Waals surface area contributed by atoms with Gasteiger partial charge in [-0.3, -0.25) is 4.79 Å². The SMILES string of the molecule is O=C(NCc1ccoc1)c1cccc2c1CCNC2. The predicted molar refractivity (Wildman–Crippen MR) is 71.7 cm³/mol. The van der Waals surface area contributed by atoms with Crippen LogP contribution in [-0.4, -0.2) is 12.5 Å². The minimum Gasteiger partial charge on any atom is -0.472 e. The molecule has 0 fully saturated rings. The molecule has 19 heavy (non-hydrogen) atoms. The van der Waals surface area contributed by atoms with Crippen LogP contribution in [0.2, 0.25) is 0 Å². The van der Waals surface area contributed by atoms with Crippen LogP contribution in [-0.2, 0) is 19.5 Å². The van der Waals surface area contributed by atoms with Crippen LogP contribution < -0.4 is 10.6 Å². The number of hydrogen-bond acceptors (Lipinski definition) is 3. The van der Waals surface area contributed by atoms with Gasteiger partial charge in [0.05, 0.1) is 12.5 Å². The maximum atomic E-state index is 12.2. The Bertz CT molecular complexity index is 576. The molecule has 1 amide bonds. The molecule has 2 heterocycles. The Kier molecular flexibility index (Phi) is 3.33. The maximum absolute atomic E-state index is 12.2. The summed E-state index contributed by atoms with van der Waals surface area (Å²) in [5.41, 5.74) is 4.16. The molecule has 1 aromatic carbocycles. The molecule has 0 radical (unpaired) electrons. The van der Waals surface area contributed by atoms with Crippen LogP contribution in [0.5, 0.6) is 0 Å². The van der Waals surface area contributed by atoms with Gasteiger partial charge >= 0.3 is 0 Å². The number of hydrogen-bond donors (Lipinski definition) is 2. The Morgan fingerprint density at radius 1 is 1.37 bits per heavy atom. The average Bonchev–Trinajstić information content (AvgIpc) is 2.97. The number of nitrogens with one attached hydrogen (secondary N) is 2. The Hall–Kier alpha value is -2.07. The van der Waals surface area contributed by atoms with Gasteiger partial charge in [-0.15, -0.1) is 0 Å². The summed E-state index contributed by atoms with van der Waals surface area (Å²) in [4.78, 5) is 12.2. The lowest BCUT2D eigenvalue weighted by molar-refractivity contribution is 0.0949. The van der Waals surface area contributed by atoms with Crippen LogP contribution >= 0.6 is 0 Å². The third-order valence-electron chi connectivity index (χ3n) is 3.42. The van der Waals surface area contributed by atoms with E-state index in [0.29, 0.717) is 6.54 Å². The summed E-state index contributed by atoms with van der Waals surface area (Å²) in [5, 5.41) is 6.25. The summed E-state index contributed by atoms with van der Waals surface area (Å²) in [6.45, 7) is 2.27. The van der Waals surface area contributed by atoms with Crippen LogP contribution in [0.15, 0.2) is 41.2 Å². The molecule has 1 aliphatic heterocycles. The number of furan rings is 1. The number of fused-ring (bicyclic) bond motifs is 1. The van der Waals surface area contributed by atoms with Crippen molar-refractivity contribution < 1.29 is 9.21 Å². The first kappa shape index (κ1) is 12.0. The zero-order valence-electron chi connectivity index (χ0n) is 10.6.